The van der Waals surface area contributed by atoms with Crippen LogP contribution in [-0.2, 0) is 11.3 Å². The summed E-state index contributed by atoms with van der Waals surface area (Å²) in [4.78, 5) is 14.3. The Morgan fingerprint density at radius 2 is 1.68 bits per heavy atom. The zero-order valence-corrected chi connectivity index (χ0v) is 12.5. The van der Waals surface area contributed by atoms with Crippen LogP contribution < -0.4 is 0 Å². The molecule has 0 aliphatic carbocycles. The van der Waals surface area contributed by atoms with Crippen LogP contribution in [0.25, 0.3) is 5.83 Å². The van der Waals surface area contributed by atoms with E-state index >= 15 is 0 Å². The summed E-state index contributed by atoms with van der Waals surface area (Å²) in [6.45, 7) is 2.99. The fraction of sp³-hybridized carbons (Fsp3) is 0.211. The van der Waals surface area contributed by atoms with Gasteiger partial charge >= 0.3 is 0 Å². The first-order valence-electron chi connectivity index (χ1n) is 7.45. The molecule has 1 heterocycles. The molecule has 1 unspecified atom stereocenters. The molecule has 1 amide bonds. The third kappa shape index (κ3) is 2.80. The molecule has 0 spiro atoms. The molecule has 2 nitrogen and oxygen atoms in total. The third-order valence-electron chi connectivity index (χ3n) is 3.98. The van der Waals surface area contributed by atoms with Gasteiger partial charge in [-0.05, 0) is 5.56 Å². The predicted octanol–water partition coefficient (Wildman–Crippen LogP) is 4.05. The number of amides is 1. The fourth-order valence-corrected chi connectivity index (χ4v) is 2.88. The summed E-state index contributed by atoms with van der Waals surface area (Å²) in [5, 5.41) is 0. The molecule has 1 atom stereocenters. The number of hydrogen-bond donors (Lipinski definition) is 0. The minimum atomic E-state index is -0.395. The summed E-state index contributed by atoms with van der Waals surface area (Å²) in [6, 6.07) is 18.6. The largest absolute Gasteiger partial charge is 0.334 e. The maximum Gasteiger partial charge on any atom is 0.253 e. The van der Waals surface area contributed by atoms with Crippen LogP contribution in [0.1, 0.15) is 18.1 Å². The first-order valence-corrected chi connectivity index (χ1v) is 7.45. The van der Waals surface area contributed by atoms with Crippen LogP contribution in [0, 0.1) is 5.92 Å². The minimum Gasteiger partial charge on any atom is -0.334 e. The maximum atomic E-state index is 14.7. The molecule has 2 aromatic rings. The lowest BCUT2D eigenvalue weighted by molar-refractivity contribution is -0.125. The number of carbonyl (C=O) groups is 1. The molecule has 1 saturated heterocycles. The smallest absolute Gasteiger partial charge is 0.253 e. The van der Waals surface area contributed by atoms with Gasteiger partial charge < -0.3 is 4.90 Å². The first kappa shape index (κ1) is 14.5. The van der Waals surface area contributed by atoms with Crippen LogP contribution in [0.2, 0.25) is 0 Å². The minimum absolute atomic E-state index is 0.101. The second-order valence-electron chi connectivity index (χ2n) is 5.67. The van der Waals surface area contributed by atoms with E-state index in [1.165, 1.54) is 0 Å². The lowest BCUT2D eigenvalue weighted by Crippen LogP contribution is -2.24. The summed E-state index contributed by atoms with van der Waals surface area (Å²) in [5.41, 5.74) is 1.82. The van der Waals surface area contributed by atoms with E-state index in [0.717, 1.165) is 5.56 Å². The molecule has 112 valence electrons. The van der Waals surface area contributed by atoms with E-state index in [2.05, 4.69) is 0 Å². The standard InChI is InChI=1S/C19H18FNO/c1-14-12-21(13-15-8-4-2-5-9-15)19(22)17(14)18(20)16-10-6-3-7-11-16/h2-11,14H,12-13H2,1H3/b18-17+. The molecule has 1 aliphatic heterocycles. The molecule has 1 fully saturated rings. The number of carbonyl (C=O) groups excluding carboxylic acids is 1. The van der Waals surface area contributed by atoms with Crippen molar-refractivity contribution in [1.82, 2.24) is 4.90 Å². The topological polar surface area (TPSA) is 20.3 Å². The molecule has 0 radical (unpaired) electrons. The van der Waals surface area contributed by atoms with Gasteiger partial charge in [0, 0.05) is 24.6 Å². The molecular weight excluding hydrogens is 277 g/mol. The predicted molar refractivity (Wildman–Crippen MR) is 85.5 cm³/mol. The van der Waals surface area contributed by atoms with Gasteiger partial charge in [-0.15, -0.1) is 0 Å². The Hall–Kier alpha value is -2.42. The van der Waals surface area contributed by atoms with Crippen molar-refractivity contribution in [2.45, 2.75) is 13.5 Å². The Labute approximate surface area is 129 Å². The van der Waals surface area contributed by atoms with Gasteiger partial charge in [-0.1, -0.05) is 67.6 Å². The first-order chi connectivity index (χ1) is 10.7. The summed E-state index contributed by atoms with van der Waals surface area (Å²) in [5.74, 6) is -0.692. The van der Waals surface area contributed by atoms with E-state index in [0.29, 0.717) is 24.2 Å². The van der Waals surface area contributed by atoms with E-state index in [1.54, 1.807) is 29.2 Å². The normalized spacial score (nSPS) is 20.4. The van der Waals surface area contributed by atoms with E-state index in [4.69, 9.17) is 0 Å². The summed E-state index contributed by atoms with van der Waals surface area (Å²) < 4.78 is 14.7. The van der Waals surface area contributed by atoms with Crippen molar-refractivity contribution in [2.75, 3.05) is 6.54 Å². The molecule has 2 aromatic carbocycles. The molecule has 3 rings (SSSR count). The van der Waals surface area contributed by atoms with E-state index < -0.39 is 5.83 Å². The Balaban J connectivity index is 1.87. The zero-order chi connectivity index (χ0) is 15.5. The van der Waals surface area contributed by atoms with Crippen molar-refractivity contribution >= 4 is 11.7 Å². The summed E-state index contributed by atoms with van der Waals surface area (Å²) >= 11 is 0. The van der Waals surface area contributed by atoms with E-state index in [-0.39, 0.29) is 11.8 Å². The van der Waals surface area contributed by atoms with E-state index in [1.807, 2.05) is 43.3 Å². The van der Waals surface area contributed by atoms with Gasteiger partial charge in [0.1, 0.15) is 5.83 Å². The van der Waals surface area contributed by atoms with Crippen molar-refractivity contribution in [3.8, 4) is 0 Å². The number of benzene rings is 2. The maximum absolute atomic E-state index is 14.7. The molecule has 22 heavy (non-hydrogen) atoms. The van der Waals surface area contributed by atoms with Gasteiger partial charge in [-0.25, -0.2) is 4.39 Å². The monoisotopic (exact) mass is 295 g/mol. The summed E-state index contributed by atoms with van der Waals surface area (Å²) in [7, 11) is 0. The Kier molecular flexibility index (Phi) is 4.05. The molecule has 1 aliphatic rings. The molecule has 3 heteroatoms. The molecule has 0 saturated carbocycles. The molecular formula is C19H18FNO. The quantitative estimate of drug-likeness (QED) is 0.782. The average molecular weight is 295 g/mol. The van der Waals surface area contributed by atoms with Crippen LogP contribution in [0.15, 0.2) is 66.2 Å². The van der Waals surface area contributed by atoms with Gasteiger partial charge in [0.25, 0.3) is 5.91 Å². The van der Waals surface area contributed by atoms with Crippen LogP contribution in [0.4, 0.5) is 4.39 Å². The lowest BCUT2D eigenvalue weighted by atomic mass is 10.0. The number of nitrogens with zero attached hydrogens (tertiary/aromatic N) is 1. The number of likely N-dealkylation sites (tertiary alicyclic amines) is 1. The highest BCUT2D eigenvalue weighted by atomic mass is 19.1. The highest BCUT2D eigenvalue weighted by molar-refractivity contribution is 6.02. The van der Waals surface area contributed by atoms with Crippen LogP contribution in [0.5, 0.6) is 0 Å². The van der Waals surface area contributed by atoms with Crippen molar-refractivity contribution in [2.24, 2.45) is 5.92 Å². The lowest BCUT2D eigenvalue weighted by Gasteiger charge is -2.15. The molecule has 0 N–H and O–H groups in total. The highest BCUT2D eigenvalue weighted by Crippen LogP contribution is 2.32. The van der Waals surface area contributed by atoms with Crippen molar-refractivity contribution in [3.63, 3.8) is 0 Å². The number of halogens is 1. The van der Waals surface area contributed by atoms with Crippen molar-refractivity contribution in [1.29, 1.82) is 0 Å². The number of rotatable bonds is 3. The molecule has 0 bridgehead atoms. The average Bonchev–Trinajstić information content (AvgIpc) is 2.82. The van der Waals surface area contributed by atoms with Crippen LogP contribution in [0.3, 0.4) is 0 Å². The fourth-order valence-electron chi connectivity index (χ4n) is 2.88. The third-order valence-corrected chi connectivity index (χ3v) is 3.98. The molecule has 0 aromatic heterocycles. The second kappa shape index (κ2) is 6.14. The SMILES string of the molecule is CC1CN(Cc2ccccc2)C(=O)/C1=C(/F)c1ccccc1. The van der Waals surface area contributed by atoms with Crippen molar-refractivity contribution in [3.05, 3.63) is 77.4 Å². The van der Waals surface area contributed by atoms with Crippen LogP contribution in [-0.4, -0.2) is 17.4 Å². The number of hydrogen-bond acceptors (Lipinski definition) is 1. The zero-order valence-electron chi connectivity index (χ0n) is 12.5. The van der Waals surface area contributed by atoms with Gasteiger partial charge in [0.05, 0.1) is 5.57 Å². The van der Waals surface area contributed by atoms with Gasteiger partial charge in [-0.2, -0.15) is 0 Å². The Morgan fingerprint density at radius 3 is 2.32 bits per heavy atom. The van der Waals surface area contributed by atoms with Crippen molar-refractivity contribution < 1.29 is 9.18 Å². The Bertz CT molecular complexity index is 694. The van der Waals surface area contributed by atoms with E-state index in [9.17, 15) is 9.18 Å². The highest BCUT2D eigenvalue weighted by Gasteiger charge is 2.35. The van der Waals surface area contributed by atoms with Gasteiger partial charge in [0.15, 0.2) is 0 Å². The van der Waals surface area contributed by atoms with Crippen LogP contribution >= 0.6 is 0 Å². The van der Waals surface area contributed by atoms with Gasteiger partial charge in [-0.3, -0.25) is 4.79 Å². The second-order valence-corrected chi connectivity index (χ2v) is 5.67. The summed E-state index contributed by atoms with van der Waals surface area (Å²) in [6.07, 6.45) is 0. The van der Waals surface area contributed by atoms with Gasteiger partial charge in [0.2, 0.25) is 0 Å². The Morgan fingerprint density at radius 1 is 1.09 bits per heavy atom.